The van der Waals surface area contributed by atoms with Gasteiger partial charge in [-0.15, -0.1) is 11.7 Å². The van der Waals surface area contributed by atoms with Gasteiger partial charge in [-0.2, -0.15) is 0 Å². The maximum absolute atomic E-state index is 13.0. The van der Waals surface area contributed by atoms with Gasteiger partial charge < -0.3 is 0 Å². The van der Waals surface area contributed by atoms with E-state index in [9.17, 15) is 4.79 Å². The monoisotopic (exact) mass is 405 g/mol. The molecule has 0 amide bonds. The van der Waals surface area contributed by atoms with Crippen LogP contribution in [0.2, 0.25) is 0 Å². The van der Waals surface area contributed by atoms with Crippen LogP contribution in [0.4, 0.5) is 0 Å². The molecule has 0 aliphatic carbocycles. The Morgan fingerprint density at radius 2 is 1.86 bits per heavy atom. The molecule has 6 nitrogen and oxygen atoms in total. The van der Waals surface area contributed by atoms with Crippen LogP contribution in [0.15, 0.2) is 72.0 Å². The molecule has 0 radical (unpaired) electrons. The van der Waals surface area contributed by atoms with Gasteiger partial charge in [-0.05, 0) is 36.5 Å². The van der Waals surface area contributed by atoms with Crippen LogP contribution in [0, 0.1) is 4.77 Å². The Morgan fingerprint density at radius 3 is 2.59 bits per heavy atom. The Balaban J connectivity index is 1.84. The smallest absolute Gasteiger partial charge is 0.263 e. The van der Waals surface area contributed by atoms with Gasteiger partial charge in [0.05, 0.1) is 17.6 Å². The van der Waals surface area contributed by atoms with Crippen LogP contribution in [-0.4, -0.2) is 30.2 Å². The third-order valence-electron chi connectivity index (χ3n) is 5.03. The number of allylic oxidation sites excluding steroid dienone is 1. The Labute approximate surface area is 173 Å². The van der Waals surface area contributed by atoms with Crippen LogP contribution in [0.1, 0.15) is 12.5 Å². The van der Waals surface area contributed by atoms with Crippen molar-refractivity contribution < 1.29 is 0 Å². The molecule has 0 unspecified atom stereocenters. The molecule has 0 fully saturated rings. The highest BCUT2D eigenvalue weighted by atomic mass is 32.1. The normalized spacial score (nSPS) is 11.5. The van der Waals surface area contributed by atoms with E-state index in [2.05, 4.69) is 30.5 Å². The predicted octanol–water partition coefficient (Wildman–Crippen LogP) is 3.85. The van der Waals surface area contributed by atoms with Crippen molar-refractivity contribution in [3.63, 3.8) is 0 Å². The second-order valence-corrected chi connectivity index (χ2v) is 7.28. The molecule has 0 atom stereocenters. The van der Waals surface area contributed by atoms with E-state index < -0.39 is 0 Å². The van der Waals surface area contributed by atoms with Gasteiger partial charge in [0.15, 0.2) is 0 Å². The lowest BCUT2D eigenvalue weighted by atomic mass is 10.2. The van der Waals surface area contributed by atoms with E-state index in [1.54, 1.807) is 15.3 Å². The molecule has 4 rings (SSSR count). The van der Waals surface area contributed by atoms with Gasteiger partial charge in [0.2, 0.25) is 10.5 Å². The zero-order valence-corrected chi connectivity index (χ0v) is 17.2. The van der Waals surface area contributed by atoms with E-state index in [-0.39, 0.29) is 5.56 Å². The van der Waals surface area contributed by atoms with Crippen molar-refractivity contribution in [2.75, 3.05) is 6.54 Å². The summed E-state index contributed by atoms with van der Waals surface area (Å²) in [5, 5.41) is 5.34. The van der Waals surface area contributed by atoms with Crippen LogP contribution in [0.3, 0.4) is 0 Å². The average Bonchev–Trinajstić information content (AvgIpc) is 3.07. The molecule has 2 aromatic carbocycles. The molecular weight excluding hydrogens is 382 g/mol. The van der Waals surface area contributed by atoms with Crippen molar-refractivity contribution in [2.24, 2.45) is 0 Å². The predicted molar refractivity (Wildman–Crippen MR) is 119 cm³/mol. The summed E-state index contributed by atoms with van der Waals surface area (Å²) in [5.74, 6) is 0.536. The van der Waals surface area contributed by atoms with Crippen LogP contribution in [-0.2, 0) is 19.8 Å². The molecule has 0 aliphatic heterocycles. The summed E-state index contributed by atoms with van der Waals surface area (Å²) in [6.45, 7) is 8.47. The molecule has 2 aromatic heterocycles. The summed E-state index contributed by atoms with van der Waals surface area (Å²) < 4.78 is 5.87. The molecule has 0 spiro atoms. The SMILES string of the molecule is C=CCn1c(=O)c2ccccc2n2c(=S)n(CN(CC)Cc3ccccc3)nc12. The van der Waals surface area contributed by atoms with Crippen molar-refractivity contribution >= 4 is 28.9 Å². The number of para-hydroxylation sites is 1. The minimum absolute atomic E-state index is 0.0863. The topological polar surface area (TPSA) is 47.5 Å². The lowest BCUT2D eigenvalue weighted by Crippen LogP contribution is -2.26. The largest absolute Gasteiger partial charge is 0.280 e. The Bertz CT molecular complexity index is 1290. The summed E-state index contributed by atoms with van der Waals surface area (Å²) >= 11 is 5.77. The Kier molecular flexibility index (Phi) is 5.42. The quantitative estimate of drug-likeness (QED) is 0.346. The fraction of sp³-hybridized carbons (Fsp3) is 0.227. The molecule has 2 heterocycles. The Hall–Kier alpha value is -3.03. The maximum Gasteiger partial charge on any atom is 0.263 e. The van der Waals surface area contributed by atoms with Crippen LogP contribution in [0.5, 0.6) is 0 Å². The van der Waals surface area contributed by atoms with E-state index in [0.717, 1.165) is 18.6 Å². The van der Waals surface area contributed by atoms with Gasteiger partial charge in [-0.3, -0.25) is 18.7 Å². The first-order valence-corrected chi connectivity index (χ1v) is 10.0. The third-order valence-corrected chi connectivity index (χ3v) is 5.42. The number of benzene rings is 2. The summed E-state index contributed by atoms with van der Waals surface area (Å²) in [6.07, 6.45) is 1.70. The van der Waals surface area contributed by atoms with Gasteiger partial charge >= 0.3 is 0 Å². The summed E-state index contributed by atoms with van der Waals surface area (Å²) in [7, 11) is 0. The fourth-order valence-electron chi connectivity index (χ4n) is 3.55. The first-order chi connectivity index (χ1) is 14.1. The lowest BCUT2D eigenvalue weighted by molar-refractivity contribution is 0.208. The van der Waals surface area contributed by atoms with Crippen molar-refractivity contribution in [1.82, 2.24) is 23.6 Å². The molecule has 0 saturated carbocycles. The maximum atomic E-state index is 13.0. The summed E-state index contributed by atoms with van der Waals surface area (Å²) in [4.78, 5) is 15.2. The van der Waals surface area contributed by atoms with Gasteiger partial charge in [0.25, 0.3) is 5.56 Å². The van der Waals surface area contributed by atoms with E-state index in [1.165, 1.54) is 5.56 Å². The van der Waals surface area contributed by atoms with Gasteiger partial charge in [-0.25, -0.2) is 4.68 Å². The first kappa shape index (κ1) is 19.3. The van der Waals surface area contributed by atoms with Gasteiger partial charge in [0, 0.05) is 13.1 Å². The lowest BCUT2D eigenvalue weighted by Gasteiger charge is -2.20. The summed E-state index contributed by atoms with van der Waals surface area (Å²) in [5.41, 5.74) is 1.92. The van der Waals surface area contributed by atoms with Crippen LogP contribution in [0.25, 0.3) is 16.7 Å². The Morgan fingerprint density at radius 1 is 1.14 bits per heavy atom. The number of nitrogens with zero attached hydrogens (tertiary/aromatic N) is 5. The van der Waals surface area contributed by atoms with Crippen molar-refractivity contribution in [2.45, 2.75) is 26.7 Å². The van der Waals surface area contributed by atoms with Gasteiger partial charge in [0.1, 0.15) is 0 Å². The molecule has 29 heavy (non-hydrogen) atoms. The molecular formula is C22H23N5OS. The number of fused-ring (bicyclic) bond motifs is 3. The number of hydrogen-bond donors (Lipinski definition) is 0. The van der Waals surface area contributed by atoms with E-state index in [4.69, 9.17) is 17.3 Å². The minimum atomic E-state index is -0.0863. The number of aromatic nitrogens is 4. The molecule has 0 saturated heterocycles. The van der Waals surface area contributed by atoms with Crippen molar-refractivity contribution in [1.29, 1.82) is 0 Å². The van der Waals surface area contributed by atoms with E-state index in [0.29, 0.717) is 29.1 Å². The first-order valence-electron chi connectivity index (χ1n) is 9.62. The molecule has 4 aromatic rings. The second kappa shape index (κ2) is 8.14. The van der Waals surface area contributed by atoms with Crippen molar-refractivity contribution in [3.8, 4) is 0 Å². The molecule has 0 bridgehead atoms. The molecule has 7 heteroatoms. The third kappa shape index (κ3) is 3.54. The summed E-state index contributed by atoms with van der Waals surface area (Å²) in [6, 6.07) is 17.8. The average molecular weight is 406 g/mol. The molecule has 0 aliphatic rings. The molecule has 0 N–H and O–H groups in total. The zero-order chi connectivity index (χ0) is 20.4. The number of rotatable bonds is 7. The minimum Gasteiger partial charge on any atom is -0.280 e. The van der Waals surface area contributed by atoms with E-state index >= 15 is 0 Å². The highest BCUT2D eigenvalue weighted by Crippen LogP contribution is 2.15. The number of hydrogen-bond acceptors (Lipinski definition) is 4. The van der Waals surface area contributed by atoms with Crippen molar-refractivity contribution in [3.05, 3.63) is 87.9 Å². The second-order valence-electron chi connectivity index (χ2n) is 6.91. The van der Waals surface area contributed by atoms with E-state index in [1.807, 2.05) is 46.9 Å². The highest BCUT2D eigenvalue weighted by molar-refractivity contribution is 7.71. The van der Waals surface area contributed by atoms with Crippen LogP contribution < -0.4 is 5.56 Å². The standard InChI is InChI=1S/C22H23N5OS/c1-3-14-25-20(28)18-12-8-9-13-19(18)27-21(25)23-26(22(27)29)16-24(4-2)15-17-10-6-5-7-11-17/h3,5-13H,1,4,14-16H2,2H3. The zero-order valence-electron chi connectivity index (χ0n) is 16.4. The molecule has 148 valence electrons. The van der Waals surface area contributed by atoms with Gasteiger partial charge in [-0.1, -0.05) is 55.5 Å². The highest BCUT2D eigenvalue weighted by Gasteiger charge is 2.16. The fourth-order valence-corrected chi connectivity index (χ4v) is 3.82. The van der Waals surface area contributed by atoms with Crippen LogP contribution >= 0.6 is 12.2 Å².